The Hall–Kier alpha value is -1.53. The smallest absolute Gasteiger partial charge is 0.350 e. The van der Waals surface area contributed by atoms with Crippen LogP contribution in [0.5, 0.6) is 0 Å². The fourth-order valence-electron chi connectivity index (χ4n) is 1.21. The molecule has 1 aromatic rings. The lowest BCUT2D eigenvalue weighted by atomic mass is 10.4. The molecule has 0 fully saturated rings. The monoisotopic (exact) mass is 235 g/mol. The Labute approximate surface area is 90.1 Å². The van der Waals surface area contributed by atoms with Crippen molar-refractivity contribution in [3.8, 4) is 0 Å². The van der Waals surface area contributed by atoms with Gasteiger partial charge in [-0.1, -0.05) is 6.92 Å². The number of aromatic nitrogens is 2. The van der Waals surface area contributed by atoms with Crippen molar-refractivity contribution >= 4 is 5.82 Å². The van der Waals surface area contributed by atoms with Crippen LogP contribution >= 0.6 is 0 Å². The molecule has 1 aromatic heterocycles. The Morgan fingerprint density at radius 2 is 2.12 bits per heavy atom. The summed E-state index contributed by atoms with van der Waals surface area (Å²) in [5.74, 6) is 0.398. The van der Waals surface area contributed by atoms with Gasteiger partial charge < -0.3 is 9.88 Å². The third-order valence-corrected chi connectivity index (χ3v) is 1.92. The largest absolute Gasteiger partial charge is 0.405 e. The number of nitrogens with one attached hydrogen (secondary N) is 1. The van der Waals surface area contributed by atoms with E-state index >= 15 is 0 Å². The lowest BCUT2D eigenvalue weighted by molar-refractivity contribution is -0.119. The molecule has 16 heavy (non-hydrogen) atoms. The van der Waals surface area contributed by atoms with Crippen LogP contribution in [0.3, 0.4) is 0 Å². The van der Waals surface area contributed by atoms with Gasteiger partial charge in [0.05, 0.1) is 0 Å². The molecule has 1 rings (SSSR count). The number of hydrogen-bond acceptors (Lipinski definition) is 3. The minimum Gasteiger partial charge on any atom is -0.350 e. The molecule has 0 aromatic carbocycles. The number of halogens is 3. The van der Waals surface area contributed by atoms with Crippen LogP contribution in [0.15, 0.2) is 10.9 Å². The van der Waals surface area contributed by atoms with Crippen molar-refractivity contribution in [2.75, 3.05) is 18.5 Å². The minimum atomic E-state index is -4.31. The maximum Gasteiger partial charge on any atom is 0.405 e. The van der Waals surface area contributed by atoms with Crippen LogP contribution in [0.25, 0.3) is 0 Å². The van der Waals surface area contributed by atoms with Gasteiger partial charge in [-0.2, -0.15) is 13.2 Å². The van der Waals surface area contributed by atoms with Crippen molar-refractivity contribution in [3.63, 3.8) is 0 Å². The zero-order chi connectivity index (χ0) is 12.3. The number of nitrogens with zero attached hydrogens (tertiary/aromatic N) is 2. The minimum absolute atomic E-state index is 0.0259. The second kappa shape index (κ2) is 4.54. The zero-order valence-electron chi connectivity index (χ0n) is 8.93. The molecule has 1 heterocycles. The second-order valence-corrected chi connectivity index (χ2v) is 3.38. The summed E-state index contributed by atoms with van der Waals surface area (Å²) >= 11 is 0. The third-order valence-electron chi connectivity index (χ3n) is 1.92. The Balaban J connectivity index is 2.95. The van der Waals surface area contributed by atoms with E-state index in [1.165, 1.54) is 7.05 Å². The highest BCUT2D eigenvalue weighted by Crippen LogP contribution is 2.18. The SMILES string of the molecule is CCc1nc(N(C)CC(F)(F)F)cc(=O)[nH]1. The van der Waals surface area contributed by atoms with Gasteiger partial charge in [-0.15, -0.1) is 0 Å². The number of H-pyrrole nitrogens is 1. The zero-order valence-corrected chi connectivity index (χ0v) is 8.93. The summed E-state index contributed by atoms with van der Waals surface area (Å²) in [4.78, 5) is 18.4. The molecule has 0 atom stereocenters. The highest BCUT2D eigenvalue weighted by Gasteiger charge is 2.29. The molecule has 90 valence electrons. The lowest BCUT2D eigenvalue weighted by Gasteiger charge is -2.19. The number of aryl methyl sites for hydroxylation is 1. The topological polar surface area (TPSA) is 49.0 Å². The molecule has 7 heteroatoms. The predicted molar refractivity (Wildman–Crippen MR) is 53.6 cm³/mol. The van der Waals surface area contributed by atoms with Crippen molar-refractivity contribution in [2.24, 2.45) is 0 Å². The van der Waals surface area contributed by atoms with Crippen LogP contribution in [0.4, 0.5) is 19.0 Å². The fourth-order valence-corrected chi connectivity index (χ4v) is 1.21. The summed E-state index contributed by atoms with van der Waals surface area (Å²) in [6, 6.07) is 1.05. The molecule has 0 aliphatic heterocycles. The first-order chi connectivity index (χ1) is 7.31. The van der Waals surface area contributed by atoms with Gasteiger partial charge in [0.1, 0.15) is 18.2 Å². The summed E-state index contributed by atoms with van der Waals surface area (Å²) in [7, 11) is 1.24. The first-order valence-electron chi connectivity index (χ1n) is 4.70. The van der Waals surface area contributed by atoms with Crippen LogP contribution in [-0.2, 0) is 6.42 Å². The second-order valence-electron chi connectivity index (χ2n) is 3.38. The lowest BCUT2D eigenvalue weighted by Crippen LogP contribution is -2.32. The van der Waals surface area contributed by atoms with E-state index in [0.29, 0.717) is 12.2 Å². The summed E-state index contributed by atoms with van der Waals surface area (Å²) in [5.41, 5.74) is -0.448. The number of anilines is 1. The molecule has 0 aliphatic carbocycles. The average Bonchev–Trinajstić information content (AvgIpc) is 2.14. The number of hydrogen-bond donors (Lipinski definition) is 1. The van der Waals surface area contributed by atoms with Crippen LogP contribution in [-0.4, -0.2) is 29.7 Å². The van der Waals surface area contributed by atoms with Gasteiger partial charge in [0.15, 0.2) is 0 Å². The molecule has 0 bridgehead atoms. The van der Waals surface area contributed by atoms with Crippen molar-refractivity contribution in [1.82, 2.24) is 9.97 Å². The molecular weight excluding hydrogens is 223 g/mol. The van der Waals surface area contributed by atoms with Crippen LogP contribution in [0.2, 0.25) is 0 Å². The molecule has 1 N–H and O–H groups in total. The van der Waals surface area contributed by atoms with Crippen LogP contribution in [0, 0.1) is 0 Å². The van der Waals surface area contributed by atoms with Gasteiger partial charge in [0.25, 0.3) is 5.56 Å². The van der Waals surface area contributed by atoms with Crippen molar-refractivity contribution in [2.45, 2.75) is 19.5 Å². The molecule has 0 spiro atoms. The van der Waals surface area contributed by atoms with E-state index in [1.54, 1.807) is 6.92 Å². The third kappa shape index (κ3) is 3.56. The molecule has 0 saturated heterocycles. The average molecular weight is 235 g/mol. The number of aromatic amines is 1. The van der Waals surface area contributed by atoms with Gasteiger partial charge in [0.2, 0.25) is 0 Å². The fraction of sp³-hybridized carbons (Fsp3) is 0.556. The van der Waals surface area contributed by atoms with Gasteiger partial charge in [-0.05, 0) is 0 Å². The molecule has 0 radical (unpaired) electrons. The molecule has 0 saturated carbocycles. The molecule has 0 unspecified atom stereocenters. The maximum atomic E-state index is 12.1. The summed E-state index contributed by atoms with van der Waals surface area (Å²) < 4.78 is 36.4. The van der Waals surface area contributed by atoms with E-state index in [4.69, 9.17) is 0 Å². The molecule has 4 nitrogen and oxygen atoms in total. The van der Waals surface area contributed by atoms with E-state index in [9.17, 15) is 18.0 Å². The van der Waals surface area contributed by atoms with E-state index in [0.717, 1.165) is 11.0 Å². The number of alkyl halides is 3. The standard InChI is InChI=1S/C9H12F3N3O/c1-3-6-13-7(4-8(16)14-6)15(2)5-9(10,11)12/h4H,3,5H2,1-2H3,(H,13,14,16). The predicted octanol–water partition coefficient (Wildman–Crippen LogP) is 1.33. The van der Waals surface area contributed by atoms with Crippen molar-refractivity contribution < 1.29 is 13.2 Å². The maximum absolute atomic E-state index is 12.1. The molecule has 0 aliphatic rings. The van der Waals surface area contributed by atoms with Crippen molar-refractivity contribution in [1.29, 1.82) is 0 Å². The van der Waals surface area contributed by atoms with Gasteiger partial charge in [0, 0.05) is 19.5 Å². The van der Waals surface area contributed by atoms with Gasteiger partial charge in [-0.3, -0.25) is 4.79 Å². The Bertz CT molecular complexity index is 413. The van der Waals surface area contributed by atoms with Crippen LogP contribution < -0.4 is 10.5 Å². The van der Waals surface area contributed by atoms with Crippen molar-refractivity contribution in [3.05, 3.63) is 22.2 Å². The summed E-state index contributed by atoms with van der Waals surface area (Å²) in [6.45, 7) is 0.623. The summed E-state index contributed by atoms with van der Waals surface area (Å²) in [6.07, 6.45) is -3.85. The highest BCUT2D eigenvalue weighted by atomic mass is 19.4. The first-order valence-corrected chi connectivity index (χ1v) is 4.70. The van der Waals surface area contributed by atoms with E-state index < -0.39 is 18.3 Å². The Morgan fingerprint density at radius 1 is 1.50 bits per heavy atom. The number of rotatable bonds is 3. The van der Waals surface area contributed by atoms with E-state index in [1.807, 2.05) is 0 Å². The molecular formula is C9H12F3N3O. The first kappa shape index (κ1) is 12.5. The molecule has 0 amide bonds. The van der Waals surface area contributed by atoms with Crippen LogP contribution in [0.1, 0.15) is 12.7 Å². The Morgan fingerprint density at radius 3 is 2.62 bits per heavy atom. The quantitative estimate of drug-likeness (QED) is 0.859. The van der Waals surface area contributed by atoms with Gasteiger partial charge in [-0.25, -0.2) is 4.98 Å². The Kier molecular flexibility index (Phi) is 3.56. The van der Waals surface area contributed by atoms with Gasteiger partial charge >= 0.3 is 6.18 Å². The summed E-state index contributed by atoms with van der Waals surface area (Å²) in [5, 5.41) is 0. The van der Waals surface area contributed by atoms with E-state index in [-0.39, 0.29) is 5.82 Å². The van der Waals surface area contributed by atoms with E-state index in [2.05, 4.69) is 9.97 Å². The normalized spacial score (nSPS) is 11.6. The highest BCUT2D eigenvalue weighted by molar-refractivity contribution is 5.36.